The Hall–Kier alpha value is -1.10. The molecule has 0 bridgehead atoms. The highest BCUT2D eigenvalue weighted by atomic mass is 16.4. The minimum absolute atomic E-state index is 0.138. The van der Waals surface area contributed by atoms with Gasteiger partial charge in [-0.1, -0.05) is 19.3 Å². The third-order valence-corrected chi connectivity index (χ3v) is 3.59. The first-order valence-corrected chi connectivity index (χ1v) is 6.20. The van der Waals surface area contributed by atoms with Crippen LogP contribution in [0.25, 0.3) is 0 Å². The van der Waals surface area contributed by atoms with Crippen LogP contribution in [-0.4, -0.2) is 35.6 Å². The fraction of sp³-hybridized carbons (Fsp3) is 0.833. The number of carboxylic acids is 1. The van der Waals surface area contributed by atoms with E-state index in [0.29, 0.717) is 6.42 Å². The van der Waals surface area contributed by atoms with Crippen LogP contribution in [0.5, 0.6) is 0 Å². The Morgan fingerprint density at radius 3 is 2.35 bits per heavy atom. The number of hydrogen-bond donors (Lipinski definition) is 3. The molecule has 1 amide bonds. The topological polar surface area (TPSA) is 78.4 Å². The molecule has 5 nitrogen and oxygen atoms in total. The smallest absolute Gasteiger partial charge is 0.325 e. The predicted molar refractivity (Wildman–Crippen MR) is 64.7 cm³/mol. The van der Waals surface area contributed by atoms with Gasteiger partial charge in [-0.2, -0.15) is 0 Å². The molecule has 0 aliphatic heterocycles. The summed E-state index contributed by atoms with van der Waals surface area (Å²) in [6, 6.07) is -0.819. The number of hydrogen-bond acceptors (Lipinski definition) is 3. The van der Waals surface area contributed by atoms with E-state index >= 15 is 0 Å². The molecule has 1 aliphatic carbocycles. The second kappa shape index (κ2) is 6.00. The van der Waals surface area contributed by atoms with Gasteiger partial charge in [0.1, 0.15) is 6.04 Å². The van der Waals surface area contributed by atoms with E-state index in [1.165, 1.54) is 13.3 Å². The summed E-state index contributed by atoms with van der Waals surface area (Å²) in [4.78, 5) is 22.4. The molecule has 0 heterocycles. The van der Waals surface area contributed by atoms with E-state index in [9.17, 15) is 9.59 Å². The van der Waals surface area contributed by atoms with Crippen LogP contribution in [0.15, 0.2) is 0 Å². The summed E-state index contributed by atoms with van der Waals surface area (Å²) in [7, 11) is 1.87. The molecule has 98 valence electrons. The Labute approximate surface area is 102 Å². The molecule has 0 aromatic heterocycles. The zero-order chi connectivity index (χ0) is 12.9. The molecule has 1 rings (SSSR count). The maximum atomic E-state index is 11.8. The lowest BCUT2D eigenvalue weighted by atomic mass is 9.79. The maximum Gasteiger partial charge on any atom is 0.325 e. The third-order valence-electron chi connectivity index (χ3n) is 3.59. The fourth-order valence-corrected chi connectivity index (χ4v) is 2.41. The van der Waals surface area contributed by atoms with Gasteiger partial charge in [-0.3, -0.25) is 9.59 Å². The molecule has 0 unspecified atom stereocenters. The van der Waals surface area contributed by atoms with Gasteiger partial charge in [0.05, 0.1) is 0 Å². The minimum atomic E-state index is -1.000. The van der Waals surface area contributed by atoms with E-state index < -0.39 is 12.0 Å². The van der Waals surface area contributed by atoms with Crippen LogP contribution in [0.4, 0.5) is 0 Å². The monoisotopic (exact) mass is 242 g/mol. The maximum absolute atomic E-state index is 11.8. The average Bonchev–Trinajstić information content (AvgIpc) is 2.29. The number of carboxylic acid groups (broad SMARTS) is 1. The third kappa shape index (κ3) is 4.00. The minimum Gasteiger partial charge on any atom is -0.480 e. The summed E-state index contributed by atoms with van der Waals surface area (Å²) in [6.07, 6.45) is 5.81. The predicted octanol–water partition coefficient (Wildman–Crippen LogP) is 0.888. The lowest BCUT2D eigenvalue weighted by molar-refractivity contribution is -0.141. The molecular formula is C12H22N2O3. The second-order valence-corrected chi connectivity index (χ2v) is 4.90. The normalized spacial score (nSPS) is 20.6. The van der Waals surface area contributed by atoms with Crippen molar-refractivity contribution in [3.05, 3.63) is 0 Å². The highest BCUT2D eigenvalue weighted by Gasteiger charge is 2.33. The van der Waals surface area contributed by atoms with Gasteiger partial charge < -0.3 is 15.7 Å². The van der Waals surface area contributed by atoms with Gasteiger partial charge in [0.2, 0.25) is 5.91 Å². The Bertz CT molecular complexity index is 285. The number of amides is 1. The van der Waals surface area contributed by atoms with Crippen LogP contribution in [0, 0.1) is 0 Å². The summed E-state index contributed by atoms with van der Waals surface area (Å²) in [5.74, 6) is -1.18. The average molecular weight is 242 g/mol. The number of aliphatic carboxylic acids is 1. The van der Waals surface area contributed by atoms with Gasteiger partial charge >= 0.3 is 5.97 Å². The van der Waals surface area contributed by atoms with E-state index in [1.54, 1.807) is 0 Å². The van der Waals surface area contributed by atoms with Gasteiger partial charge in [-0.25, -0.2) is 0 Å². The van der Waals surface area contributed by atoms with Crippen molar-refractivity contribution in [1.82, 2.24) is 10.6 Å². The van der Waals surface area contributed by atoms with Crippen molar-refractivity contribution >= 4 is 11.9 Å². The van der Waals surface area contributed by atoms with Crippen molar-refractivity contribution in [1.29, 1.82) is 0 Å². The van der Waals surface area contributed by atoms with Crippen LogP contribution < -0.4 is 10.6 Å². The highest BCUT2D eigenvalue weighted by Crippen LogP contribution is 2.30. The van der Waals surface area contributed by atoms with E-state index in [0.717, 1.165) is 25.7 Å². The molecule has 0 radical (unpaired) electrons. The van der Waals surface area contributed by atoms with Crippen molar-refractivity contribution in [3.8, 4) is 0 Å². The first-order chi connectivity index (χ1) is 7.99. The Morgan fingerprint density at radius 2 is 1.88 bits per heavy atom. The molecule has 0 saturated heterocycles. The van der Waals surface area contributed by atoms with Crippen LogP contribution in [0.1, 0.15) is 45.4 Å². The van der Waals surface area contributed by atoms with Gasteiger partial charge in [0, 0.05) is 12.0 Å². The summed E-state index contributed by atoms with van der Waals surface area (Å²) in [5, 5.41) is 14.5. The molecule has 17 heavy (non-hydrogen) atoms. The van der Waals surface area contributed by atoms with Crippen LogP contribution >= 0.6 is 0 Å². The molecule has 3 N–H and O–H groups in total. The lowest BCUT2D eigenvalue weighted by Gasteiger charge is -2.36. The fourth-order valence-electron chi connectivity index (χ4n) is 2.41. The molecule has 1 saturated carbocycles. The van der Waals surface area contributed by atoms with Crippen molar-refractivity contribution in [2.45, 2.75) is 57.0 Å². The van der Waals surface area contributed by atoms with Crippen LogP contribution in [-0.2, 0) is 9.59 Å². The van der Waals surface area contributed by atoms with Crippen molar-refractivity contribution in [3.63, 3.8) is 0 Å². The Morgan fingerprint density at radius 1 is 1.29 bits per heavy atom. The van der Waals surface area contributed by atoms with E-state index in [1.807, 2.05) is 7.05 Å². The first kappa shape index (κ1) is 14.0. The summed E-state index contributed by atoms with van der Waals surface area (Å²) in [5.41, 5.74) is -0.138. The molecule has 1 atom stereocenters. The number of nitrogens with one attached hydrogen (secondary N) is 2. The van der Waals surface area contributed by atoms with E-state index in [2.05, 4.69) is 10.6 Å². The lowest BCUT2D eigenvalue weighted by Crippen LogP contribution is -2.50. The van der Waals surface area contributed by atoms with Gasteiger partial charge in [-0.15, -0.1) is 0 Å². The second-order valence-electron chi connectivity index (χ2n) is 4.90. The molecule has 1 aliphatic rings. The molecule has 5 heteroatoms. The number of rotatable bonds is 5. The highest BCUT2D eigenvalue weighted by molar-refractivity contribution is 5.83. The molecule has 0 spiro atoms. The van der Waals surface area contributed by atoms with Gasteiger partial charge in [0.25, 0.3) is 0 Å². The van der Waals surface area contributed by atoms with Crippen LogP contribution in [0.2, 0.25) is 0 Å². The molecule has 0 aromatic rings. The molecule has 1 fully saturated rings. The van der Waals surface area contributed by atoms with Gasteiger partial charge in [0.15, 0.2) is 0 Å². The van der Waals surface area contributed by atoms with Crippen molar-refractivity contribution < 1.29 is 14.7 Å². The zero-order valence-corrected chi connectivity index (χ0v) is 10.6. The van der Waals surface area contributed by atoms with Crippen LogP contribution in [0.3, 0.4) is 0 Å². The quantitative estimate of drug-likeness (QED) is 0.669. The summed E-state index contributed by atoms with van der Waals surface area (Å²) >= 11 is 0. The van der Waals surface area contributed by atoms with E-state index in [4.69, 9.17) is 5.11 Å². The standard InChI is InChI=1S/C12H22N2O3/c1-9(11(16)17)14-10(15)8-12(13-2)6-4-3-5-7-12/h9,13H,3-8H2,1-2H3,(H,14,15)(H,16,17)/t9-/m0/s1. The summed E-state index contributed by atoms with van der Waals surface area (Å²) < 4.78 is 0. The molecular weight excluding hydrogens is 220 g/mol. The first-order valence-electron chi connectivity index (χ1n) is 6.20. The number of carbonyl (C=O) groups is 2. The van der Waals surface area contributed by atoms with E-state index in [-0.39, 0.29) is 11.4 Å². The van der Waals surface area contributed by atoms with Crippen molar-refractivity contribution in [2.75, 3.05) is 7.05 Å². The van der Waals surface area contributed by atoms with Gasteiger partial charge in [-0.05, 0) is 26.8 Å². The van der Waals surface area contributed by atoms with Crippen molar-refractivity contribution in [2.24, 2.45) is 0 Å². The molecule has 0 aromatic carbocycles. The largest absolute Gasteiger partial charge is 0.480 e. The number of carbonyl (C=O) groups excluding carboxylic acids is 1. The zero-order valence-electron chi connectivity index (χ0n) is 10.6. The SMILES string of the molecule is CNC1(CC(=O)N[C@@H](C)C(=O)O)CCCCC1. The Kier molecular flexibility index (Phi) is 4.93. The summed E-state index contributed by atoms with van der Waals surface area (Å²) in [6.45, 7) is 1.48. The Balaban J connectivity index is 2.50.